The lowest BCUT2D eigenvalue weighted by Crippen LogP contribution is -2.67. The van der Waals surface area contributed by atoms with Gasteiger partial charge in [0.25, 0.3) is 0 Å². The third-order valence-electron chi connectivity index (χ3n) is 11.4. The van der Waals surface area contributed by atoms with Crippen LogP contribution in [0.2, 0.25) is 18.6 Å². The summed E-state index contributed by atoms with van der Waals surface area (Å²) < 4.78 is 2.96. The standard InChI is InChI=1S/C40H53NSi/c1-25-26(2)37(42(11,12)41(38(3,4)5)39(6,7)8)34-23-33-31-21-20-28(22-35(31)40(9,10)36(33)24-32(25)34)30-19-15-17-27-16-13-14-18-29(27)30/h13-26,32,34,37H,1-12H3. The fourth-order valence-corrected chi connectivity index (χ4v) is 17.1. The van der Waals surface area contributed by atoms with E-state index in [-0.39, 0.29) is 16.5 Å². The molecule has 0 spiro atoms. The van der Waals surface area contributed by atoms with Gasteiger partial charge in [-0.05, 0) is 121 Å². The summed E-state index contributed by atoms with van der Waals surface area (Å²) in [6, 6.07) is 22.8. The molecule has 222 valence electrons. The zero-order valence-corrected chi connectivity index (χ0v) is 29.3. The second-order valence-corrected chi connectivity index (χ2v) is 21.2. The van der Waals surface area contributed by atoms with E-state index in [0.29, 0.717) is 29.2 Å². The van der Waals surface area contributed by atoms with E-state index < -0.39 is 8.24 Å². The van der Waals surface area contributed by atoms with E-state index in [1.54, 1.807) is 5.57 Å². The van der Waals surface area contributed by atoms with Crippen LogP contribution in [0.25, 0.3) is 27.5 Å². The van der Waals surface area contributed by atoms with Crippen molar-refractivity contribution in [3.63, 3.8) is 0 Å². The summed E-state index contributed by atoms with van der Waals surface area (Å²) in [5.74, 6) is 2.60. The van der Waals surface area contributed by atoms with Gasteiger partial charge in [-0.1, -0.05) is 108 Å². The molecular weight excluding hydrogens is 523 g/mol. The summed E-state index contributed by atoms with van der Waals surface area (Å²) in [6.45, 7) is 30.1. The highest BCUT2D eigenvalue weighted by Crippen LogP contribution is 2.63. The zero-order valence-electron chi connectivity index (χ0n) is 28.3. The molecule has 0 aromatic heterocycles. The van der Waals surface area contributed by atoms with E-state index in [4.69, 9.17) is 0 Å². The second-order valence-electron chi connectivity index (χ2n) is 16.8. The van der Waals surface area contributed by atoms with Crippen LogP contribution >= 0.6 is 0 Å². The Morgan fingerprint density at radius 2 is 1.36 bits per heavy atom. The average molecular weight is 576 g/mol. The Kier molecular flexibility index (Phi) is 6.73. The SMILES string of the molecule is CC1C(C)C([Si](C)(C)N(C(C)(C)C)C(C)(C)C)C2C=C3C(=CC12)C(C)(C)c1cc(-c2cccc4ccccc24)ccc13. The van der Waals surface area contributed by atoms with E-state index >= 15 is 0 Å². The molecule has 0 radical (unpaired) electrons. The normalized spacial score (nSPS) is 27.0. The Hall–Kier alpha value is -2.42. The molecule has 0 aliphatic heterocycles. The van der Waals surface area contributed by atoms with Crippen molar-refractivity contribution in [2.75, 3.05) is 0 Å². The van der Waals surface area contributed by atoms with Crippen LogP contribution in [0.4, 0.5) is 0 Å². The first kappa shape index (κ1) is 29.6. The number of rotatable bonds is 3. The molecule has 3 aliphatic carbocycles. The van der Waals surface area contributed by atoms with Crippen molar-refractivity contribution in [2.24, 2.45) is 23.7 Å². The summed E-state index contributed by atoms with van der Waals surface area (Å²) >= 11 is 0. The molecule has 1 saturated carbocycles. The van der Waals surface area contributed by atoms with Gasteiger partial charge in [-0.2, -0.15) is 0 Å². The zero-order chi connectivity index (χ0) is 30.6. The van der Waals surface area contributed by atoms with Crippen molar-refractivity contribution >= 4 is 24.6 Å². The first-order valence-electron chi connectivity index (χ1n) is 16.3. The lowest BCUT2D eigenvalue weighted by atomic mass is 9.74. The highest BCUT2D eigenvalue weighted by Gasteiger charge is 2.58. The van der Waals surface area contributed by atoms with Crippen LogP contribution in [0.3, 0.4) is 0 Å². The Labute approximate surface area is 257 Å². The van der Waals surface area contributed by atoms with Gasteiger partial charge in [0.05, 0.1) is 0 Å². The van der Waals surface area contributed by atoms with Crippen LogP contribution in [-0.2, 0) is 5.41 Å². The van der Waals surface area contributed by atoms with Crippen LogP contribution in [0.5, 0.6) is 0 Å². The van der Waals surface area contributed by atoms with Crippen molar-refractivity contribution in [2.45, 2.75) is 104 Å². The number of hydrogen-bond acceptors (Lipinski definition) is 1. The topological polar surface area (TPSA) is 3.24 Å². The van der Waals surface area contributed by atoms with Crippen molar-refractivity contribution < 1.29 is 0 Å². The monoisotopic (exact) mass is 575 g/mol. The van der Waals surface area contributed by atoms with Crippen LogP contribution in [-0.4, -0.2) is 23.9 Å². The van der Waals surface area contributed by atoms with Gasteiger partial charge in [0.1, 0.15) is 8.24 Å². The molecule has 3 aromatic carbocycles. The third-order valence-corrected chi connectivity index (χ3v) is 16.4. The molecule has 0 N–H and O–H groups in total. The van der Waals surface area contributed by atoms with Gasteiger partial charge >= 0.3 is 0 Å². The molecule has 2 heteroatoms. The molecule has 3 aromatic rings. The van der Waals surface area contributed by atoms with Crippen molar-refractivity contribution in [1.82, 2.24) is 4.57 Å². The maximum atomic E-state index is 2.96. The molecule has 1 fully saturated rings. The molecule has 0 amide bonds. The van der Waals surface area contributed by atoms with Gasteiger partial charge in [-0.25, -0.2) is 0 Å². The average Bonchev–Trinajstić information content (AvgIpc) is 3.26. The summed E-state index contributed by atoms with van der Waals surface area (Å²) in [6.07, 6.45) is 5.52. The van der Waals surface area contributed by atoms with E-state index in [2.05, 4.69) is 160 Å². The molecule has 3 aliphatic rings. The predicted molar refractivity (Wildman–Crippen MR) is 186 cm³/mol. The molecule has 0 bridgehead atoms. The highest BCUT2D eigenvalue weighted by atomic mass is 28.3. The van der Waals surface area contributed by atoms with Crippen molar-refractivity contribution in [1.29, 1.82) is 0 Å². The van der Waals surface area contributed by atoms with E-state index in [9.17, 15) is 0 Å². The van der Waals surface area contributed by atoms with Crippen LogP contribution < -0.4 is 0 Å². The number of nitrogens with zero attached hydrogens (tertiary/aromatic N) is 1. The molecule has 0 heterocycles. The maximum absolute atomic E-state index is 2.96. The lowest BCUT2D eigenvalue weighted by molar-refractivity contribution is 0.121. The summed E-state index contributed by atoms with van der Waals surface area (Å²) in [5.41, 5.74) is 9.70. The number of hydrogen-bond donors (Lipinski definition) is 0. The van der Waals surface area contributed by atoms with Crippen molar-refractivity contribution in [3.05, 3.63) is 89.5 Å². The first-order chi connectivity index (χ1) is 19.5. The van der Waals surface area contributed by atoms with Crippen LogP contribution in [0, 0.1) is 23.7 Å². The maximum Gasteiger partial charge on any atom is 0.127 e. The lowest BCUT2D eigenvalue weighted by Gasteiger charge is -2.57. The molecule has 5 unspecified atom stereocenters. The largest absolute Gasteiger partial charge is 0.314 e. The molecule has 6 rings (SSSR count). The van der Waals surface area contributed by atoms with Gasteiger partial charge in [-0.15, -0.1) is 0 Å². The fraction of sp³-hybridized carbons (Fsp3) is 0.500. The quantitative estimate of drug-likeness (QED) is 0.281. The number of benzene rings is 3. The predicted octanol–water partition coefficient (Wildman–Crippen LogP) is 11.1. The van der Waals surface area contributed by atoms with Gasteiger partial charge in [0.15, 0.2) is 0 Å². The highest BCUT2D eigenvalue weighted by molar-refractivity contribution is 6.76. The second kappa shape index (κ2) is 9.54. The summed E-state index contributed by atoms with van der Waals surface area (Å²) in [4.78, 5) is 0. The molecule has 0 saturated heterocycles. The Balaban J connectivity index is 1.47. The van der Waals surface area contributed by atoms with Crippen molar-refractivity contribution in [3.8, 4) is 11.1 Å². The number of fused-ring (bicyclic) bond motifs is 5. The Bertz CT molecular complexity index is 1590. The Morgan fingerprint density at radius 1 is 0.714 bits per heavy atom. The number of allylic oxidation sites excluding steroid dienone is 4. The van der Waals surface area contributed by atoms with E-state index in [0.717, 1.165) is 0 Å². The van der Waals surface area contributed by atoms with Crippen LogP contribution in [0.15, 0.2) is 78.4 Å². The molecule has 5 atom stereocenters. The minimum absolute atomic E-state index is 0.00355. The van der Waals surface area contributed by atoms with Gasteiger partial charge in [0, 0.05) is 16.5 Å². The molecule has 42 heavy (non-hydrogen) atoms. The smallest absolute Gasteiger partial charge is 0.127 e. The van der Waals surface area contributed by atoms with Gasteiger partial charge < -0.3 is 4.57 Å². The Morgan fingerprint density at radius 3 is 2.02 bits per heavy atom. The van der Waals surface area contributed by atoms with Crippen LogP contribution in [0.1, 0.15) is 80.4 Å². The first-order valence-corrected chi connectivity index (χ1v) is 19.4. The summed E-state index contributed by atoms with van der Waals surface area (Å²) in [7, 11) is -1.87. The molecule has 1 nitrogen and oxygen atoms in total. The summed E-state index contributed by atoms with van der Waals surface area (Å²) in [5, 5.41) is 2.64. The minimum Gasteiger partial charge on any atom is -0.314 e. The minimum atomic E-state index is -1.87. The van der Waals surface area contributed by atoms with Gasteiger partial charge in [-0.3, -0.25) is 0 Å². The molecular formula is C40H53NSi. The third kappa shape index (κ3) is 4.34. The van der Waals surface area contributed by atoms with Gasteiger partial charge in [0.2, 0.25) is 0 Å². The van der Waals surface area contributed by atoms with E-state index in [1.165, 1.54) is 38.6 Å². The van der Waals surface area contributed by atoms with E-state index in [1.807, 2.05) is 0 Å². The fourth-order valence-electron chi connectivity index (χ4n) is 10.5.